The van der Waals surface area contributed by atoms with Crippen LogP contribution < -0.4 is 5.01 Å². The normalized spacial score (nSPS) is 10.1. The number of halogens is 1. The van der Waals surface area contributed by atoms with Gasteiger partial charge in [0.2, 0.25) is 0 Å². The van der Waals surface area contributed by atoms with Crippen LogP contribution in [-0.2, 0) is 0 Å². The molecular formula is C14H21ClN2. The lowest BCUT2D eigenvalue weighted by Gasteiger charge is -2.15. The summed E-state index contributed by atoms with van der Waals surface area (Å²) in [6.45, 7) is 4.38. The Hall–Kier alpha value is -1.02. The van der Waals surface area contributed by atoms with E-state index in [1.54, 1.807) is 0 Å². The average Bonchev–Trinajstić information content (AvgIpc) is 2.30. The lowest BCUT2D eigenvalue weighted by Crippen LogP contribution is -2.13. The Bertz CT molecular complexity index is 349. The van der Waals surface area contributed by atoms with Gasteiger partial charge in [-0.2, -0.15) is 5.10 Å². The Morgan fingerprint density at radius 3 is 2.12 bits per heavy atom. The highest BCUT2D eigenvalue weighted by Crippen LogP contribution is 2.17. The van der Waals surface area contributed by atoms with E-state index >= 15 is 0 Å². The van der Waals surface area contributed by atoms with E-state index in [2.05, 4.69) is 18.9 Å². The molecule has 0 aliphatic heterocycles. The summed E-state index contributed by atoms with van der Waals surface area (Å²) in [5.74, 6) is 0. The van der Waals surface area contributed by atoms with Crippen molar-refractivity contribution in [3.8, 4) is 0 Å². The van der Waals surface area contributed by atoms with Gasteiger partial charge in [0.15, 0.2) is 0 Å². The number of nitrogens with zero attached hydrogens (tertiary/aromatic N) is 2. The Morgan fingerprint density at radius 1 is 1.12 bits per heavy atom. The summed E-state index contributed by atoms with van der Waals surface area (Å²) in [4.78, 5) is 0. The summed E-state index contributed by atoms with van der Waals surface area (Å²) in [5, 5.41) is 7.35. The first-order valence-corrected chi connectivity index (χ1v) is 6.60. The van der Waals surface area contributed by atoms with Crippen LogP contribution in [0.2, 0.25) is 5.02 Å². The van der Waals surface area contributed by atoms with Crippen LogP contribution >= 0.6 is 11.6 Å². The van der Waals surface area contributed by atoms with E-state index in [9.17, 15) is 0 Å². The zero-order chi connectivity index (χ0) is 12.7. The fourth-order valence-electron chi connectivity index (χ4n) is 1.73. The first-order chi connectivity index (χ1) is 8.17. The summed E-state index contributed by atoms with van der Waals surface area (Å²) < 4.78 is 0. The maximum absolute atomic E-state index is 5.87. The number of hydrazone groups is 1. The summed E-state index contributed by atoms with van der Waals surface area (Å²) in [7, 11) is 1.98. The molecule has 0 radical (unpaired) electrons. The van der Waals surface area contributed by atoms with E-state index in [0.717, 1.165) is 36.4 Å². The molecule has 0 spiro atoms. The second-order valence-corrected chi connectivity index (χ2v) is 4.60. The molecule has 0 atom stereocenters. The van der Waals surface area contributed by atoms with Crippen molar-refractivity contribution in [3.05, 3.63) is 29.3 Å². The Labute approximate surface area is 109 Å². The Balaban J connectivity index is 2.76. The highest BCUT2D eigenvalue weighted by Gasteiger charge is 2.02. The molecule has 2 nitrogen and oxygen atoms in total. The lowest BCUT2D eigenvalue weighted by atomic mass is 10.1. The monoisotopic (exact) mass is 252 g/mol. The SMILES string of the molecule is CCCC(CCC)=NN(C)c1ccc(Cl)cc1. The molecule has 1 aromatic carbocycles. The minimum absolute atomic E-state index is 0.758. The molecule has 0 aromatic heterocycles. The largest absolute Gasteiger partial charge is 0.269 e. The van der Waals surface area contributed by atoms with Crippen molar-refractivity contribution in [2.75, 3.05) is 12.1 Å². The second-order valence-electron chi connectivity index (χ2n) is 4.17. The van der Waals surface area contributed by atoms with Gasteiger partial charge in [-0.3, -0.25) is 5.01 Å². The highest BCUT2D eigenvalue weighted by molar-refractivity contribution is 6.30. The molecule has 0 fully saturated rings. The molecule has 0 aliphatic carbocycles. The summed E-state index contributed by atoms with van der Waals surface area (Å²) in [5.41, 5.74) is 2.34. The Morgan fingerprint density at radius 2 is 1.65 bits per heavy atom. The highest BCUT2D eigenvalue weighted by atomic mass is 35.5. The molecule has 0 aliphatic rings. The smallest absolute Gasteiger partial charge is 0.0591 e. The number of rotatable bonds is 6. The fraction of sp³-hybridized carbons (Fsp3) is 0.500. The van der Waals surface area contributed by atoms with Crippen LogP contribution in [0.5, 0.6) is 0 Å². The molecule has 0 heterocycles. The molecule has 0 unspecified atom stereocenters. The zero-order valence-corrected chi connectivity index (χ0v) is 11.7. The van der Waals surface area contributed by atoms with Crippen molar-refractivity contribution < 1.29 is 0 Å². The van der Waals surface area contributed by atoms with Gasteiger partial charge < -0.3 is 0 Å². The fourth-order valence-corrected chi connectivity index (χ4v) is 1.85. The van der Waals surface area contributed by atoms with Crippen LogP contribution in [0.1, 0.15) is 39.5 Å². The number of benzene rings is 1. The van der Waals surface area contributed by atoms with Crippen molar-refractivity contribution in [1.29, 1.82) is 0 Å². The molecule has 0 saturated carbocycles. The van der Waals surface area contributed by atoms with Crippen LogP contribution in [-0.4, -0.2) is 12.8 Å². The third kappa shape index (κ3) is 4.78. The van der Waals surface area contributed by atoms with Crippen LogP contribution in [0.4, 0.5) is 5.69 Å². The predicted molar refractivity (Wildman–Crippen MR) is 77.1 cm³/mol. The van der Waals surface area contributed by atoms with Crippen LogP contribution in [0, 0.1) is 0 Å². The summed E-state index contributed by atoms with van der Waals surface area (Å²) in [6.07, 6.45) is 4.44. The Kier molecular flexibility index (Phi) is 6.06. The molecule has 1 aromatic rings. The van der Waals surface area contributed by atoms with Crippen molar-refractivity contribution in [2.24, 2.45) is 5.10 Å². The van der Waals surface area contributed by atoms with Crippen LogP contribution in [0.25, 0.3) is 0 Å². The number of anilines is 1. The van der Waals surface area contributed by atoms with Gasteiger partial charge in [-0.15, -0.1) is 0 Å². The molecular weight excluding hydrogens is 232 g/mol. The molecule has 94 valence electrons. The first kappa shape index (κ1) is 14.0. The zero-order valence-electron chi connectivity index (χ0n) is 10.9. The van der Waals surface area contributed by atoms with Crippen molar-refractivity contribution >= 4 is 23.0 Å². The molecule has 0 saturated heterocycles. The molecule has 1 rings (SSSR count). The first-order valence-electron chi connectivity index (χ1n) is 6.23. The number of hydrogen-bond acceptors (Lipinski definition) is 2. The quantitative estimate of drug-likeness (QED) is 0.528. The van der Waals surface area contributed by atoms with Gasteiger partial charge in [0, 0.05) is 17.8 Å². The molecule has 0 amide bonds. The van der Waals surface area contributed by atoms with Crippen molar-refractivity contribution in [3.63, 3.8) is 0 Å². The summed E-state index contributed by atoms with van der Waals surface area (Å²) >= 11 is 5.87. The minimum Gasteiger partial charge on any atom is -0.269 e. The minimum atomic E-state index is 0.758. The van der Waals surface area contributed by atoms with E-state index < -0.39 is 0 Å². The summed E-state index contributed by atoms with van der Waals surface area (Å²) in [6, 6.07) is 7.76. The van der Waals surface area contributed by atoms with Gasteiger partial charge in [0.25, 0.3) is 0 Å². The van der Waals surface area contributed by atoms with Crippen LogP contribution in [0.3, 0.4) is 0 Å². The van der Waals surface area contributed by atoms with Gasteiger partial charge >= 0.3 is 0 Å². The van der Waals surface area contributed by atoms with Gasteiger partial charge in [-0.25, -0.2) is 0 Å². The van der Waals surface area contributed by atoms with E-state index in [0.29, 0.717) is 0 Å². The molecule has 0 bridgehead atoms. The third-order valence-corrected chi connectivity index (χ3v) is 2.82. The van der Waals surface area contributed by atoms with Gasteiger partial charge in [0.1, 0.15) is 0 Å². The molecule has 17 heavy (non-hydrogen) atoms. The third-order valence-electron chi connectivity index (χ3n) is 2.57. The van der Waals surface area contributed by atoms with E-state index in [4.69, 9.17) is 11.6 Å². The van der Waals surface area contributed by atoms with Crippen molar-refractivity contribution in [2.45, 2.75) is 39.5 Å². The van der Waals surface area contributed by atoms with E-state index in [1.807, 2.05) is 36.3 Å². The molecule has 0 N–H and O–H groups in total. The van der Waals surface area contributed by atoms with Gasteiger partial charge in [-0.05, 0) is 37.1 Å². The average molecular weight is 253 g/mol. The second kappa shape index (κ2) is 7.33. The maximum Gasteiger partial charge on any atom is 0.0591 e. The standard InChI is InChI=1S/C14H21ClN2/c1-4-6-13(7-5-2)16-17(3)14-10-8-12(15)9-11-14/h8-11H,4-7H2,1-3H3. The maximum atomic E-state index is 5.87. The van der Waals surface area contributed by atoms with E-state index in [1.165, 1.54) is 5.71 Å². The van der Waals surface area contributed by atoms with E-state index in [-0.39, 0.29) is 0 Å². The van der Waals surface area contributed by atoms with Gasteiger partial charge in [0.05, 0.1) is 5.69 Å². The van der Waals surface area contributed by atoms with Gasteiger partial charge in [-0.1, -0.05) is 38.3 Å². The topological polar surface area (TPSA) is 15.6 Å². The number of hydrogen-bond donors (Lipinski definition) is 0. The molecule has 3 heteroatoms. The van der Waals surface area contributed by atoms with Crippen LogP contribution in [0.15, 0.2) is 29.4 Å². The predicted octanol–water partition coefficient (Wildman–Crippen LogP) is 4.73. The van der Waals surface area contributed by atoms with Crippen molar-refractivity contribution in [1.82, 2.24) is 0 Å². The lowest BCUT2D eigenvalue weighted by molar-refractivity contribution is 0.885.